The van der Waals surface area contributed by atoms with Gasteiger partial charge in [-0.05, 0) is 73.7 Å². The first-order chi connectivity index (χ1) is 13.7. The minimum atomic E-state index is 0.0346. The molecule has 1 heterocycles. The first-order valence-corrected chi connectivity index (χ1v) is 11.1. The first kappa shape index (κ1) is 20.7. The number of benzene rings is 1. The molecule has 1 amide bonds. The van der Waals surface area contributed by atoms with Crippen LogP contribution in [-0.4, -0.2) is 42.7 Å². The van der Waals surface area contributed by atoms with Gasteiger partial charge in [0.25, 0.3) is 0 Å². The highest BCUT2D eigenvalue weighted by Crippen LogP contribution is 2.70. The van der Waals surface area contributed by atoms with E-state index in [-0.39, 0.29) is 28.9 Å². The average molecular weight is 401 g/mol. The highest BCUT2D eigenvalue weighted by Gasteiger charge is 2.68. The summed E-state index contributed by atoms with van der Waals surface area (Å²) in [6, 6.07) is 6.16. The van der Waals surface area contributed by atoms with Crippen LogP contribution >= 0.6 is 0 Å². The second-order valence-electron chi connectivity index (χ2n) is 10.3. The molecule has 1 spiro atoms. The Kier molecular flexibility index (Phi) is 5.19. The molecule has 160 valence electrons. The zero-order valence-electron chi connectivity index (χ0n) is 18.5. The Morgan fingerprint density at radius 3 is 2.79 bits per heavy atom. The summed E-state index contributed by atoms with van der Waals surface area (Å²) >= 11 is 0. The Morgan fingerprint density at radius 1 is 1.34 bits per heavy atom. The molecule has 0 aromatic heterocycles. The lowest BCUT2D eigenvalue weighted by Crippen LogP contribution is -2.58. The summed E-state index contributed by atoms with van der Waals surface area (Å²) in [5.41, 5.74) is 2.33. The zero-order valence-corrected chi connectivity index (χ0v) is 18.5. The fraction of sp³-hybridized carbons (Fsp3) is 0.708. The second-order valence-corrected chi connectivity index (χ2v) is 10.3. The number of amides is 1. The molecule has 1 aliphatic heterocycles. The predicted octanol–water partition coefficient (Wildman–Crippen LogP) is 3.86. The third kappa shape index (κ3) is 3.27. The number of hydrogen-bond donors (Lipinski definition) is 2. The van der Waals surface area contributed by atoms with Gasteiger partial charge in [-0.25, -0.2) is 0 Å². The number of hydrogen-bond acceptors (Lipinski definition) is 4. The van der Waals surface area contributed by atoms with Crippen LogP contribution in [0.3, 0.4) is 0 Å². The summed E-state index contributed by atoms with van der Waals surface area (Å²) in [4.78, 5) is 14.4. The molecule has 3 fully saturated rings. The van der Waals surface area contributed by atoms with Gasteiger partial charge in [-0.2, -0.15) is 0 Å². The summed E-state index contributed by atoms with van der Waals surface area (Å²) in [5, 5.41) is 13.7. The van der Waals surface area contributed by atoms with Crippen molar-refractivity contribution in [2.24, 2.45) is 22.7 Å². The van der Waals surface area contributed by atoms with E-state index in [0.717, 1.165) is 30.6 Å². The molecule has 29 heavy (non-hydrogen) atoms. The molecule has 3 aliphatic rings. The smallest absolute Gasteiger partial charge is 0.219 e. The van der Waals surface area contributed by atoms with Crippen LogP contribution in [0.25, 0.3) is 0 Å². The van der Waals surface area contributed by atoms with Crippen molar-refractivity contribution in [3.63, 3.8) is 0 Å². The number of phenols is 1. The molecule has 2 N–H and O–H groups in total. The SMILES string of the molecule is CCC(=O)N[C@H]1C(C)(C)[C@@H]2C[C@@H]3[C@@H](c4ccc(O)c(CN(C)C)c4)OCC[C@@]31C2. The van der Waals surface area contributed by atoms with Crippen LogP contribution in [0.1, 0.15) is 63.7 Å². The van der Waals surface area contributed by atoms with Gasteiger partial charge in [-0.1, -0.05) is 26.8 Å². The van der Waals surface area contributed by atoms with E-state index in [1.807, 2.05) is 33.2 Å². The molecule has 4 rings (SSSR count). The van der Waals surface area contributed by atoms with Crippen LogP contribution in [0.4, 0.5) is 0 Å². The molecule has 1 aromatic rings. The van der Waals surface area contributed by atoms with Gasteiger partial charge in [0, 0.05) is 31.2 Å². The van der Waals surface area contributed by atoms with Gasteiger partial charge in [0.2, 0.25) is 5.91 Å². The highest BCUT2D eigenvalue weighted by atomic mass is 16.5. The summed E-state index contributed by atoms with van der Waals surface area (Å²) in [7, 11) is 4.02. The topological polar surface area (TPSA) is 61.8 Å². The maximum Gasteiger partial charge on any atom is 0.219 e. The van der Waals surface area contributed by atoms with E-state index in [1.165, 1.54) is 6.42 Å². The van der Waals surface area contributed by atoms with Gasteiger partial charge in [0.15, 0.2) is 0 Å². The van der Waals surface area contributed by atoms with Crippen molar-refractivity contribution >= 4 is 5.91 Å². The molecule has 0 radical (unpaired) electrons. The normalized spacial score (nSPS) is 35.0. The lowest BCUT2D eigenvalue weighted by atomic mass is 9.58. The van der Waals surface area contributed by atoms with E-state index >= 15 is 0 Å². The van der Waals surface area contributed by atoms with Crippen molar-refractivity contribution < 1.29 is 14.6 Å². The summed E-state index contributed by atoms with van der Waals surface area (Å²) < 4.78 is 6.37. The predicted molar refractivity (Wildman–Crippen MR) is 113 cm³/mol. The fourth-order valence-corrected chi connectivity index (χ4v) is 6.63. The molecular weight excluding hydrogens is 364 g/mol. The Morgan fingerprint density at radius 2 is 2.10 bits per heavy atom. The van der Waals surface area contributed by atoms with Crippen LogP contribution in [0.15, 0.2) is 18.2 Å². The van der Waals surface area contributed by atoms with E-state index in [9.17, 15) is 9.90 Å². The molecule has 0 unspecified atom stereocenters. The summed E-state index contributed by atoms with van der Waals surface area (Å²) in [5.74, 6) is 1.52. The van der Waals surface area contributed by atoms with Gasteiger partial charge < -0.3 is 20.1 Å². The van der Waals surface area contributed by atoms with Crippen LogP contribution < -0.4 is 5.32 Å². The molecule has 5 nitrogen and oxygen atoms in total. The van der Waals surface area contributed by atoms with Crippen molar-refractivity contribution in [3.05, 3.63) is 29.3 Å². The summed E-state index contributed by atoms with van der Waals surface area (Å²) in [6.45, 7) is 8.03. The third-order valence-electron chi connectivity index (χ3n) is 8.05. The Hall–Kier alpha value is -1.59. The van der Waals surface area contributed by atoms with Crippen LogP contribution in [0.5, 0.6) is 5.75 Å². The molecule has 1 saturated heterocycles. The lowest BCUT2D eigenvalue weighted by molar-refractivity contribution is -0.137. The Labute approximate surface area is 174 Å². The number of aromatic hydroxyl groups is 1. The molecule has 5 atom stereocenters. The van der Waals surface area contributed by atoms with Gasteiger partial charge in [-0.15, -0.1) is 0 Å². The number of ether oxygens (including phenoxy) is 1. The number of phenolic OH excluding ortho intramolecular Hbond substituents is 1. The number of nitrogens with zero attached hydrogens (tertiary/aromatic N) is 1. The monoisotopic (exact) mass is 400 g/mol. The van der Waals surface area contributed by atoms with E-state index in [4.69, 9.17) is 4.74 Å². The number of carbonyl (C=O) groups is 1. The van der Waals surface area contributed by atoms with Gasteiger partial charge >= 0.3 is 0 Å². The van der Waals surface area contributed by atoms with Gasteiger partial charge in [0.1, 0.15) is 5.75 Å². The fourth-order valence-electron chi connectivity index (χ4n) is 6.63. The van der Waals surface area contributed by atoms with Gasteiger partial charge in [0.05, 0.1) is 6.10 Å². The van der Waals surface area contributed by atoms with Crippen molar-refractivity contribution in [2.45, 2.75) is 65.1 Å². The van der Waals surface area contributed by atoms with E-state index < -0.39 is 0 Å². The zero-order chi connectivity index (χ0) is 21.0. The number of rotatable bonds is 5. The van der Waals surface area contributed by atoms with Gasteiger partial charge in [-0.3, -0.25) is 4.79 Å². The third-order valence-corrected chi connectivity index (χ3v) is 8.05. The number of carbonyl (C=O) groups excluding carboxylic acids is 1. The Bertz CT molecular complexity index is 790. The van der Waals surface area contributed by atoms with E-state index in [0.29, 0.717) is 30.6 Å². The average Bonchev–Trinajstić information content (AvgIpc) is 3.15. The first-order valence-electron chi connectivity index (χ1n) is 11.1. The second kappa shape index (κ2) is 7.28. The van der Waals surface area contributed by atoms with Crippen LogP contribution in [0, 0.1) is 22.7 Å². The minimum Gasteiger partial charge on any atom is -0.508 e. The Balaban J connectivity index is 1.67. The highest BCUT2D eigenvalue weighted by molar-refractivity contribution is 5.76. The summed E-state index contributed by atoms with van der Waals surface area (Å²) in [6.07, 6.45) is 3.92. The minimum absolute atomic E-state index is 0.0346. The van der Waals surface area contributed by atoms with Crippen LogP contribution in [-0.2, 0) is 16.1 Å². The van der Waals surface area contributed by atoms with Crippen LogP contribution in [0.2, 0.25) is 0 Å². The quantitative estimate of drug-likeness (QED) is 0.788. The lowest BCUT2D eigenvalue weighted by Gasteiger charge is -2.53. The van der Waals surface area contributed by atoms with E-state index in [1.54, 1.807) is 0 Å². The van der Waals surface area contributed by atoms with Crippen molar-refractivity contribution in [3.8, 4) is 5.75 Å². The standard InChI is InChI=1S/C24H36N2O3/c1-6-20(28)25-22-23(2,3)17-12-18-21(29-10-9-24(18,22)13-17)15-7-8-19(27)16(11-15)14-26(4)5/h7-8,11,17-18,21-22,27H,6,9-10,12-14H2,1-5H3,(H,25,28)/t17-,18-,21-,22+,24-/m1/s1. The van der Waals surface area contributed by atoms with Crippen molar-refractivity contribution in [2.75, 3.05) is 20.7 Å². The number of fused-ring (bicyclic) bond motifs is 1. The molecule has 2 saturated carbocycles. The molecular formula is C24H36N2O3. The maximum atomic E-state index is 12.4. The number of nitrogens with one attached hydrogen (secondary N) is 1. The molecule has 5 heteroatoms. The molecule has 2 bridgehead atoms. The van der Waals surface area contributed by atoms with Crippen molar-refractivity contribution in [1.29, 1.82) is 0 Å². The van der Waals surface area contributed by atoms with Crippen molar-refractivity contribution in [1.82, 2.24) is 10.2 Å². The molecule has 1 aromatic carbocycles. The maximum absolute atomic E-state index is 12.4. The van der Waals surface area contributed by atoms with E-state index in [2.05, 4.69) is 30.1 Å². The largest absolute Gasteiger partial charge is 0.508 e. The molecule has 2 aliphatic carbocycles.